The molecule has 0 aliphatic heterocycles. The molecule has 3 fully saturated rings. The number of fused-ring (bicyclic) bond motifs is 3. The summed E-state index contributed by atoms with van der Waals surface area (Å²) in [7, 11) is 0.500. The summed E-state index contributed by atoms with van der Waals surface area (Å²) >= 11 is 0. The van der Waals surface area contributed by atoms with Gasteiger partial charge in [0.15, 0.2) is 0 Å². The van der Waals surface area contributed by atoms with Crippen LogP contribution in [0.15, 0.2) is 0 Å². The van der Waals surface area contributed by atoms with Crippen LogP contribution in [0.5, 0.6) is 0 Å². The number of hydrogen-bond acceptors (Lipinski definition) is 2. The lowest BCUT2D eigenvalue weighted by Crippen LogP contribution is -2.48. The molecule has 0 radical (unpaired) electrons. The second-order valence-electron chi connectivity index (χ2n) is 10.2. The van der Waals surface area contributed by atoms with E-state index in [1.54, 1.807) is 0 Å². The van der Waals surface area contributed by atoms with Gasteiger partial charge < -0.3 is 5.11 Å². The molecule has 3 rings (SSSR count). The van der Waals surface area contributed by atoms with Crippen LogP contribution < -0.4 is 0 Å². The van der Waals surface area contributed by atoms with E-state index in [9.17, 15) is 14.0 Å². The molecule has 9 atom stereocenters. The van der Waals surface area contributed by atoms with Gasteiger partial charge in [0, 0.05) is 0 Å². The highest BCUT2D eigenvalue weighted by Crippen LogP contribution is 2.64. The Labute approximate surface area is 185 Å². The summed E-state index contributed by atoms with van der Waals surface area (Å²) < 4.78 is 22.4. The lowest BCUT2D eigenvalue weighted by molar-refractivity contribution is -0.206. The van der Waals surface area contributed by atoms with E-state index >= 15 is 0 Å². The molecule has 180 valence electrons. The van der Waals surface area contributed by atoms with Crippen LogP contribution in [-0.4, -0.2) is 24.5 Å². The molecule has 0 aromatic heterocycles. The fourth-order valence-electron chi connectivity index (χ4n) is 7.70. The largest absolute Gasteiger partial charge is 0.393 e. The number of aliphatic hydroxyl groups is 1. The zero-order chi connectivity index (χ0) is 22.9. The summed E-state index contributed by atoms with van der Waals surface area (Å²) in [5, 5.41) is 9.75. The first-order valence-corrected chi connectivity index (χ1v) is 12.8. The van der Waals surface area contributed by atoms with Crippen molar-refractivity contribution in [2.75, 3.05) is 7.18 Å². The van der Waals surface area contributed by atoms with Crippen LogP contribution >= 0.6 is 0 Å². The zero-order valence-electron chi connectivity index (χ0n) is 20.8. The topological polar surface area (TPSA) is 29.5 Å². The first-order valence-electron chi connectivity index (χ1n) is 12.8. The average Bonchev–Trinajstić information content (AvgIpc) is 3.12. The van der Waals surface area contributed by atoms with Gasteiger partial charge in [-0.3, -0.25) is 4.39 Å². The molecule has 3 aliphatic rings. The summed E-state index contributed by atoms with van der Waals surface area (Å²) in [6.07, 6.45) is 12.0. The molecule has 0 bridgehead atoms. The van der Waals surface area contributed by atoms with Crippen molar-refractivity contribution in [1.29, 1.82) is 0 Å². The maximum atomic E-state index is 12.9. The van der Waals surface area contributed by atoms with E-state index < -0.39 is 0 Å². The van der Waals surface area contributed by atoms with E-state index in [2.05, 4.69) is 18.8 Å². The molecular weight excluding hydrogens is 382 g/mol. The lowest BCUT2D eigenvalue weighted by atomic mass is 9.50. The van der Waals surface area contributed by atoms with Gasteiger partial charge in [0.25, 0.3) is 0 Å². The standard InChI is InChI=1S/C23H41FO2.C2H6.CH3F/c1-5-6-18-17(8-7-15(2)25)9-10-20-19(18)13-14-23(4)21(16(3)26-24)11-12-22(20)23;2*1-2/h15-22,25H,5-14H2,1-4H3;1-2H3;1H3. The first kappa shape index (κ1) is 27.8. The van der Waals surface area contributed by atoms with Crippen molar-refractivity contribution in [3.63, 3.8) is 0 Å². The van der Waals surface area contributed by atoms with E-state index in [4.69, 9.17) is 0 Å². The quantitative estimate of drug-likeness (QED) is 0.442. The molecule has 2 nitrogen and oxygen atoms in total. The van der Waals surface area contributed by atoms with E-state index in [1.165, 1.54) is 51.4 Å². The van der Waals surface area contributed by atoms with Crippen molar-refractivity contribution in [3.8, 4) is 0 Å². The number of alkyl halides is 1. The SMILES string of the molecule is CC.CCCC1C(CCC(C)O)CCC2C1CCC1(C)C(C(C)OF)CCC21.CF. The van der Waals surface area contributed by atoms with Crippen molar-refractivity contribution in [1.82, 2.24) is 0 Å². The third-order valence-corrected chi connectivity index (χ3v) is 8.88. The molecule has 0 aromatic carbocycles. The lowest BCUT2D eigenvalue weighted by Gasteiger charge is -2.55. The molecule has 1 N–H and O–H groups in total. The van der Waals surface area contributed by atoms with Gasteiger partial charge >= 0.3 is 0 Å². The molecule has 0 heterocycles. The van der Waals surface area contributed by atoms with E-state index in [0.717, 1.165) is 42.4 Å². The van der Waals surface area contributed by atoms with Gasteiger partial charge in [-0.15, -0.1) is 0 Å². The Morgan fingerprint density at radius 3 is 2.23 bits per heavy atom. The van der Waals surface area contributed by atoms with Crippen molar-refractivity contribution in [3.05, 3.63) is 0 Å². The molecule has 3 saturated carbocycles. The highest BCUT2D eigenvalue weighted by molar-refractivity contribution is 5.06. The predicted octanol–water partition coefficient (Wildman–Crippen LogP) is 7.93. The van der Waals surface area contributed by atoms with Crippen LogP contribution in [0.2, 0.25) is 0 Å². The van der Waals surface area contributed by atoms with Crippen molar-refractivity contribution in [2.24, 2.45) is 40.9 Å². The number of hydrogen-bond donors (Lipinski definition) is 1. The van der Waals surface area contributed by atoms with Gasteiger partial charge in [-0.25, -0.2) is 0 Å². The third-order valence-electron chi connectivity index (χ3n) is 8.88. The van der Waals surface area contributed by atoms with Gasteiger partial charge in [0.1, 0.15) is 0 Å². The summed E-state index contributed by atoms with van der Waals surface area (Å²) in [6.45, 7) is 12.6. The van der Waals surface area contributed by atoms with Gasteiger partial charge in [-0.2, -0.15) is 4.94 Å². The van der Waals surface area contributed by atoms with Crippen molar-refractivity contribution < 1.29 is 19.0 Å². The molecule has 3 aliphatic carbocycles. The van der Waals surface area contributed by atoms with E-state index in [1.807, 2.05) is 27.7 Å². The highest BCUT2D eigenvalue weighted by atomic mass is 19.3. The maximum Gasteiger partial charge on any atom is 0.0989 e. The number of aliphatic hydroxyl groups excluding tert-OH is 1. The Balaban J connectivity index is 0.00000106. The minimum absolute atomic E-state index is 0.164. The summed E-state index contributed by atoms with van der Waals surface area (Å²) in [6, 6.07) is 0. The van der Waals surface area contributed by atoms with Gasteiger partial charge in [0.2, 0.25) is 0 Å². The van der Waals surface area contributed by atoms with Crippen LogP contribution in [0, 0.1) is 40.9 Å². The molecule has 30 heavy (non-hydrogen) atoms. The summed E-state index contributed by atoms with van der Waals surface area (Å²) in [4.78, 5) is 4.29. The second kappa shape index (κ2) is 13.4. The van der Waals surface area contributed by atoms with E-state index in [-0.39, 0.29) is 17.6 Å². The molecule has 9 unspecified atom stereocenters. The Hall–Kier alpha value is -0.220. The second-order valence-corrected chi connectivity index (χ2v) is 10.2. The Bertz CT molecular complexity index is 458. The monoisotopic (exact) mass is 432 g/mol. The van der Waals surface area contributed by atoms with E-state index in [0.29, 0.717) is 13.1 Å². The molecule has 0 saturated heterocycles. The molecular formula is C26H50F2O2. The van der Waals surface area contributed by atoms with Crippen molar-refractivity contribution >= 4 is 0 Å². The van der Waals surface area contributed by atoms with Gasteiger partial charge in [-0.1, -0.05) is 40.5 Å². The minimum Gasteiger partial charge on any atom is -0.393 e. The van der Waals surface area contributed by atoms with Crippen LogP contribution in [0.3, 0.4) is 0 Å². The average molecular weight is 433 g/mol. The summed E-state index contributed by atoms with van der Waals surface area (Å²) in [5.41, 5.74) is 0.274. The molecule has 0 spiro atoms. The first-order chi connectivity index (χ1) is 14.4. The minimum atomic E-state index is -0.254. The molecule has 0 amide bonds. The van der Waals surface area contributed by atoms with Crippen LogP contribution in [0.1, 0.15) is 106 Å². The molecule has 0 aromatic rings. The van der Waals surface area contributed by atoms with Crippen molar-refractivity contribution in [2.45, 2.75) is 118 Å². The Morgan fingerprint density at radius 1 is 1.00 bits per heavy atom. The molecule has 4 heteroatoms. The van der Waals surface area contributed by atoms with Crippen LogP contribution in [-0.2, 0) is 4.94 Å². The third kappa shape index (κ3) is 5.97. The fourth-order valence-corrected chi connectivity index (χ4v) is 7.70. The number of rotatable bonds is 7. The van der Waals surface area contributed by atoms with Gasteiger partial charge in [-0.05, 0) is 111 Å². The van der Waals surface area contributed by atoms with Crippen LogP contribution in [0.25, 0.3) is 0 Å². The zero-order valence-corrected chi connectivity index (χ0v) is 20.8. The Kier molecular flexibility index (Phi) is 12.4. The predicted molar refractivity (Wildman–Crippen MR) is 123 cm³/mol. The van der Waals surface area contributed by atoms with Crippen LogP contribution in [0.4, 0.5) is 8.92 Å². The normalized spacial score (nSPS) is 39.4. The van der Waals surface area contributed by atoms with Gasteiger partial charge in [0.05, 0.1) is 19.4 Å². The summed E-state index contributed by atoms with van der Waals surface area (Å²) in [5.74, 6) is 4.50. The maximum absolute atomic E-state index is 12.9. The fraction of sp³-hybridized carbons (Fsp3) is 1.00. The highest BCUT2D eigenvalue weighted by Gasteiger charge is 2.57. The smallest absolute Gasteiger partial charge is 0.0989 e. The Morgan fingerprint density at radius 2 is 1.67 bits per heavy atom. The number of halogens is 2.